The first kappa shape index (κ1) is 19.6. The third kappa shape index (κ3) is 3.20. The van der Waals surface area contributed by atoms with Gasteiger partial charge in [0, 0.05) is 10.4 Å². The van der Waals surface area contributed by atoms with Crippen LogP contribution in [0, 0.1) is 17.2 Å². The molecule has 2 heterocycles. The van der Waals surface area contributed by atoms with Crippen molar-refractivity contribution < 1.29 is 14.3 Å². The highest BCUT2D eigenvalue weighted by atomic mass is 79.9. The maximum Gasteiger partial charge on any atom is 0.248 e. The van der Waals surface area contributed by atoms with Crippen molar-refractivity contribution in [3.8, 4) is 11.8 Å². The number of nitrogens with zero attached hydrogens (tertiary/aromatic N) is 2. The molecule has 4 rings (SSSR count). The summed E-state index contributed by atoms with van der Waals surface area (Å²) in [5, 5.41) is 9.35. The number of thioether (sulfide) groups is 1. The second kappa shape index (κ2) is 7.58. The van der Waals surface area contributed by atoms with E-state index in [1.165, 1.54) is 4.90 Å². The van der Waals surface area contributed by atoms with Crippen LogP contribution in [-0.2, 0) is 9.59 Å². The molecule has 2 aliphatic rings. The number of amides is 2. The van der Waals surface area contributed by atoms with Crippen LogP contribution >= 0.6 is 27.7 Å². The molecule has 3 atom stereocenters. The van der Waals surface area contributed by atoms with E-state index in [0.29, 0.717) is 17.0 Å². The lowest BCUT2D eigenvalue weighted by atomic mass is 9.79. The zero-order valence-electron chi connectivity index (χ0n) is 15.3. The van der Waals surface area contributed by atoms with E-state index in [0.717, 1.165) is 21.8 Å². The number of hydrogen-bond acceptors (Lipinski definition) is 6. The molecule has 8 heteroatoms. The number of rotatable bonds is 3. The summed E-state index contributed by atoms with van der Waals surface area (Å²) >= 11 is 4.46. The van der Waals surface area contributed by atoms with E-state index in [2.05, 4.69) is 22.0 Å². The van der Waals surface area contributed by atoms with Gasteiger partial charge >= 0.3 is 0 Å². The summed E-state index contributed by atoms with van der Waals surface area (Å²) in [7, 11) is 1.57. The Morgan fingerprint density at radius 3 is 2.34 bits per heavy atom. The van der Waals surface area contributed by atoms with Crippen molar-refractivity contribution >= 4 is 45.2 Å². The van der Waals surface area contributed by atoms with E-state index >= 15 is 0 Å². The van der Waals surface area contributed by atoms with Gasteiger partial charge in [-0.15, -0.1) is 0 Å². The average Bonchev–Trinajstić information content (AvgIpc) is 2.97. The number of benzene rings is 2. The summed E-state index contributed by atoms with van der Waals surface area (Å²) in [6.45, 7) is 0. The van der Waals surface area contributed by atoms with Crippen molar-refractivity contribution in [3.05, 3.63) is 69.2 Å². The van der Waals surface area contributed by atoms with Gasteiger partial charge in [0.2, 0.25) is 11.8 Å². The summed E-state index contributed by atoms with van der Waals surface area (Å²) in [4.78, 5) is 27.7. The number of imide groups is 1. The fourth-order valence-corrected chi connectivity index (χ4v) is 5.26. The lowest BCUT2D eigenvalue weighted by molar-refractivity contribution is -0.122. The molecule has 0 unspecified atom stereocenters. The third-order valence-corrected chi connectivity index (χ3v) is 6.92. The molecule has 0 aromatic heterocycles. The summed E-state index contributed by atoms with van der Waals surface area (Å²) in [5.41, 5.74) is 7.72. The number of carbonyl (C=O) groups is 2. The Hall–Kier alpha value is -2.76. The molecule has 146 valence electrons. The highest BCUT2D eigenvalue weighted by Crippen LogP contribution is 2.50. The molecular formula is C21H16BrN3O3S. The van der Waals surface area contributed by atoms with E-state index in [4.69, 9.17) is 10.5 Å². The molecule has 1 fully saturated rings. The lowest BCUT2D eigenvalue weighted by Crippen LogP contribution is -2.33. The van der Waals surface area contributed by atoms with Crippen molar-refractivity contribution in [2.75, 3.05) is 12.0 Å². The van der Waals surface area contributed by atoms with Crippen LogP contribution in [0.5, 0.6) is 5.75 Å². The molecule has 2 aliphatic heterocycles. The van der Waals surface area contributed by atoms with Crippen LogP contribution in [0.1, 0.15) is 11.5 Å². The van der Waals surface area contributed by atoms with E-state index in [1.807, 2.05) is 0 Å². The molecule has 0 bridgehead atoms. The van der Waals surface area contributed by atoms with Crippen molar-refractivity contribution in [3.63, 3.8) is 0 Å². The number of carbonyl (C=O) groups excluding carboxylic acids is 2. The van der Waals surface area contributed by atoms with E-state index in [1.54, 1.807) is 55.6 Å². The summed E-state index contributed by atoms with van der Waals surface area (Å²) in [6.07, 6.45) is 0. The zero-order chi connectivity index (χ0) is 20.7. The van der Waals surface area contributed by atoms with Gasteiger partial charge in [-0.3, -0.25) is 9.59 Å². The molecule has 0 saturated carbocycles. The highest BCUT2D eigenvalue weighted by Gasteiger charge is 2.56. The van der Waals surface area contributed by atoms with Gasteiger partial charge in [-0.05, 0) is 42.0 Å². The van der Waals surface area contributed by atoms with E-state index in [9.17, 15) is 14.9 Å². The van der Waals surface area contributed by atoms with Crippen molar-refractivity contribution in [2.45, 2.75) is 11.2 Å². The SMILES string of the molecule is COc1ccc([C@@H]2C(C#N)=C(N)S[C@H]3C(=O)N(c4ccc(Br)cc4)C(=O)[C@H]32)cc1. The first-order valence-electron chi connectivity index (χ1n) is 8.80. The first-order chi connectivity index (χ1) is 14.0. The monoisotopic (exact) mass is 469 g/mol. The van der Waals surface area contributed by atoms with Crippen molar-refractivity contribution in [2.24, 2.45) is 11.7 Å². The molecule has 2 aromatic carbocycles. The summed E-state index contributed by atoms with van der Waals surface area (Å²) < 4.78 is 6.05. The number of nitriles is 1. The molecule has 0 aliphatic carbocycles. The second-order valence-corrected chi connectivity index (χ2v) is 8.79. The van der Waals surface area contributed by atoms with Crippen LogP contribution in [-0.4, -0.2) is 24.2 Å². The van der Waals surface area contributed by atoms with Gasteiger partial charge in [0.05, 0.1) is 35.4 Å². The molecule has 2 amide bonds. The van der Waals surface area contributed by atoms with Gasteiger partial charge in [-0.1, -0.05) is 39.8 Å². The number of halogens is 1. The van der Waals surface area contributed by atoms with Gasteiger partial charge in [0.25, 0.3) is 0 Å². The van der Waals surface area contributed by atoms with Crippen LogP contribution in [0.25, 0.3) is 0 Å². The average molecular weight is 470 g/mol. The van der Waals surface area contributed by atoms with Crippen molar-refractivity contribution in [1.29, 1.82) is 5.26 Å². The summed E-state index contributed by atoms with van der Waals surface area (Å²) in [5.74, 6) is -1.27. The molecule has 0 spiro atoms. The predicted molar refractivity (Wildman–Crippen MR) is 114 cm³/mol. The Morgan fingerprint density at radius 1 is 1.10 bits per heavy atom. The number of allylic oxidation sites excluding steroid dienone is 1. The fraction of sp³-hybridized carbons (Fsp3) is 0.190. The van der Waals surface area contributed by atoms with Gasteiger partial charge in [0.15, 0.2) is 0 Å². The Balaban J connectivity index is 1.80. The minimum atomic E-state index is -0.702. The van der Waals surface area contributed by atoms with E-state index in [-0.39, 0.29) is 16.8 Å². The number of fused-ring (bicyclic) bond motifs is 1. The molecule has 2 aromatic rings. The second-order valence-electron chi connectivity index (χ2n) is 6.69. The number of methoxy groups -OCH3 is 1. The van der Waals surface area contributed by atoms with Gasteiger partial charge in [-0.2, -0.15) is 5.26 Å². The van der Waals surface area contributed by atoms with Crippen LogP contribution in [0.4, 0.5) is 5.69 Å². The molecule has 2 N–H and O–H groups in total. The first-order valence-corrected chi connectivity index (χ1v) is 10.5. The minimum Gasteiger partial charge on any atom is -0.497 e. The number of nitrogens with two attached hydrogens (primary N) is 1. The quantitative estimate of drug-likeness (QED) is 0.690. The number of anilines is 1. The Kier molecular flexibility index (Phi) is 5.11. The standard InChI is InChI=1S/C21H16BrN3O3S/c1-28-14-8-2-11(3-9-14)16-15(10-23)19(24)29-18-17(16)20(26)25(21(18)27)13-6-4-12(22)5-7-13/h2-9,16-18H,24H2,1H3/t16-,17+,18-/m1/s1. The van der Waals surface area contributed by atoms with Crippen LogP contribution in [0.15, 0.2) is 63.6 Å². The maximum atomic E-state index is 13.4. The van der Waals surface area contributed by atoms with Crippen LogP contribution in [0.3, 0.4) is 0 Å². The number of ether oxygens (including phenoxy) is 1. The van der Waals surface area contributed by atoms with Gasteiger partial charge < -0.3 is 10.5 Å². The Labute approximate surface area is 180 Å². The molecule has 29 heavy (non-hydrogen) atoms. The summed E-state index contributed by atoms with van der Waals surface area (Å²) in [6, 6.07) is 16.3. The van der Waals surface area contributed by atoms with Gasteiger partial charge in [0.1, 0.15) is 11.0 Å². The van der Waals surface area contributed by atoms with Crippen LogP contribution in [0.2, 0.25) is 0 Å². The highest BCUT2D eigenvalue weighted by molar-refractivity contribution is 9.10. The maximum absolute atomic E-state index is 13.4. The number of hydrogen-bond donors (Lipinski definition) is 1. The largest absolute Gasteiger partial charge is 0.497 e. The molecule has 6 nitrogen and oxygen atoms in total. The lowest BCUT2D eigenvalue weighted by Gasteiger charge is -2.30. The minimum absolute atomic E-state index is 0.286. The Bertz CT molecular complexity index is 1060. The van der Waals surface area contributed by atoms with Gasteiger partial charge in [-0.25, -0.2) is 4.90 Å². The van der Waals surface area contributed by atoms with Crippen LogP contribution < -0.4 is 15.4 Å². The predicted octanol–water partition coefficient (Wildman–Crippen LogP) is 3.54. The van der Waals surface area contributed by atoms with E-state index < -0.39 is 17.1 Å². The van der Waals surface area contributed by atoms with Crippen molar-refractivity contribution in [1.82, 2.24) is 0 Å². The smallest absolute Gasteiger partial charge is 0.248 e. The Morgan fingerprint density at radius 2 is 1.76 bits per heavy atom. The fourth-order valence-electron chi connectivity index (χ4n) is 3.80. The third-order valence-electron chi connectivity index (χ3n) is 5.17. The normalized spacial score (nSPS) is 23.8. The molecular weight excluding hydrogens is 454 g/mol. The topological polar surface area (TPSA) is 96.4 Å². The zero-order valence-corrected chi connectivity index (χ0v) is 17.7. The molecule has 1 saturated heterocycles. The molecule has 0 radical (unpaired) electrons.